The average molecular weight is 345 g/mol. The van der Waals surface area contributed by atoms with Gasteiger partial charge in [0.15, 0.2) is 23.3 Å². The molecule has 22 heavy (non-hydrogen) atoms. The smallest absolute Gasteiger partial charge is 0.387 e. The van der Waals surface area contributed by atoms with Crippen LogP contribution >= 0.6 is 11.6 Å². The lowest BCUT2D eigenvalue weighted by Crippen LogP contribution is -2.06. The highest BCUT2D eigenvalue weighted by Crippen LogP contribution is 2.40. The van der Waals surface area contributed by atoms with Gasteiger partial charge < -0.3 is 4.74 Å². The van der Waals surface area contributed by atoms with Gasteiger partial charge in [-0.15, -0.1) is 0 Å². The molecule has 0 aliphatic heterocycles. The van der Waals surface area contributed by atoms with Crippen LogP contribution in [0.3, 0.4) is 0 Å². The lowest BCUT2D eigenvalue weighted by molar-refractivity contribution is -0.0497. The van der Waals surface area contributed by atoms with Crippen molar-refractivity contribution in [1.29, 1.82) is 0 Å². The molecule has 1 nitrogen and oxygen atoms in total. The van der Waals surface area contributed by atoms with Crippen LogP contribution in [-0.2, 0) is 0 Å². The monoisotopic (exact) mass is 344 g/mol. The zero-order chi connectivity index (χ0) is 16.6. The zero-order valence-corrected chi connectivity index (χ0v) is 11.0. The lowest BCUT2D eigenvalue weighted by Gasteiger charge is -2.13. The molecule has 118 valence electrons. The molecule has 0 saturated carbocycles. The molecule has 0 radical (unpaired) electrons. The van der Waals surface area contributed by atoms with Crippen molar-refractivity contribution in [2.45, 2.75) is 6.61 Å². The normalized spacial score (nSPS) is 11.1. The molecule has 0 bridgehead atoms. The molecule has 0 aliphatic carbocycles. The minimum atomic E-state index is -3.29. The SMILES string of the molecule is Fc1c(F)c(F)c(-c2cccc(OC(F)F)c2Cl)c(F)c1F. The summed E-state index contributed by atoms with van der Waals surface area (Å²) >= 11 is 5.65. The first-order valence-corrected chi connectivity index (χ1v) is 5.88. The summed E-state index contributed by atoms with van der Waals surface area (Å²) in [5.41, 5.74) is -2.01. The number of ether oxygens (including phenoxy) is 1. The molecule has 0 fully saturated rings. The van der Waals surface area contributed by atoms with E-state index in [1.807, 2.05) is 0 Å². The van der Waals surface area contributed by atoms with Crippen molar-refractivity contribution < 1.29 is 35.5 Å². The van der Waals surface area contributed by atoms with Crippen molar-refractivity contribution in [3.8, 4) is 16.9 Å². The lowest BCUT2D eigenvalue weighted by atomic mass is 10.0. The van der Waals surface area contributed by atoms with E-state index < -0.39 is 57.6 Å². The fourth-order valence-corrected chi connectivity index (χ4v) is 2.00. The Hall–Kier alpha value is -1.96. The van der Waals surface area contributed by atoms with Gasteiger partial charge in [0, 0.05) is 5.56 Å². The number of benzene rings is 2. The molecule has 0 heterocycles. The summed E-state index contributed by atoms with van der Waals surface area (Å²) in [5.74, 6) is -11.6. The maximum Gasteiger partial charge on any atom is 0.387 e. The fourth-order valence-electron chi connectivity index (χ4n) is 1.73. The molecule has 0 saturated heterocycles. The fraction of sp³-hybridized carbons (Fsp3) is 0.0769. The second-order valence-corrected chi connectivity index (χ2v) is 4.32. The molecule has 2 rings (SSSR count). The molecule has 0 amide bonds. The molecule has 9 heteroatoms. The van der Waals surface area contributed by atoms with Gasteiger partial charge in [-0.05, 0) is 6.07 Å². The Bertz CT molecular complexity index is 704. The summed E-state index contributed by atoms with van der Waals surface area (Å²) in [4.78, 5) is 0. The Morgan fingerprint density at radius 3 is 1.82 bits per heavy atom. The minimum Gasteiger partial charge on any atom is -0.433 e. The van der Waals surface area contributed by atoms with Crippen molar-refractivity contribution in [3.05, 3.63) is 52.3 Å². The first kappa shape index (κ1) is 16.4. The molecule has 2 aromatic carbocycles. The Morgan fingerprint density at radius 1 is 0.818 bits per heavy atom. The summed E-state index contributed by atoms with van der Waals surface area (Å²) < 4.78 is 95.1. The highest BCUT2D eigenvalue weighted by Gasteiger charge is 2.28. The topological polar surface area (TPSA) is 9.23 Å². The third-order valence-corrected chi connectivity index (χ3v) is 3.05. The highest BCUT2D eigenvalue weighted by atomic mass is 35.5. The van der Waals surface area contributed by atoms with Gasteiger partial charge in [0.2, 0.25) is 5.82 Å². The van der Waals surface area contributed by atoms with Crippen molar-refractivity contribution in [2.24, 2.45) is 0 Å². The van der Waals surface area contributed by atoms with Gasteiger partial charge in [-0.25, -0.2) is 22.0 Å². The summed E-state index contributed by atoms with van der Waals surface area (Å²) in [5, 5.41) is -0.717. The van der Waals surface area contributed by atoms with Gasteiger partial charge in [0.25, 0.3) is 0 Å². The van der Waals surface area contributed by atoms with E-state index in [1.165, 1.54) is 0 Å². The number of halogens is 8. The number of rotatable bonds is 3. The van der Waals surface area contributed by atoms with Crippen LogP contribution in [0.5, 0.6) is 5.75 Å². The van der Waals surface area contributed by atoms with Crippen LogP contribution in [0.15, 0.2) is 18.2 Å². The van der Waals surface area contributed by atoms with Crippen LogP contribution in [0.4, 0.5) is 30.7 Å². The molecule has 0 aliphatic rings. The first-order valence-electron chi connectivity index (χ1n) is 5.50. The Balaban J connectivity index is 2.73. The largest absolute Gasteiger partial charge is 0.433 e. The summed E-state index contributed by atoms with van der Waals surface area (Å²) in [6.07, 6.45) is 0. The van der Waals surface area contributed by atoms with Gasteiger partial charge in [0.05, 0.1) is 10.6 Å². The second kappa shape index (κ2) is 6.04. The van der Waals surface area contributed by atoms with Gasteiger partial charge in [-0.3, -0.25) is 0 Å². The van der Waals surface area contributed by atoms with E-state index in [9.17, 15) is 30.7 Å². The van der Waals surface area contributed by atoms with Gasteiger partial charge in [0.1, 0.15) is 5.75 Å². The quantitative estimate of drug-likeness (QED) is 0.417. The van der Waals surface area contributed by atoms with E-state index in [0.717, 1.165) is 18.2 Å². The number of hydrogen-bond acceptors (Lipinski definition) is 1. The third kappa shape index (κ3) is 2.70. The molecular formula is C13H4ClF7O. The molecule has 0 atom stereocenters. The predicted octanol–water partition coefficient (Wildman–Crippen LogP) is 5.30. The first-order chi connectivity index (χ1) is 10.3. The van der Waals surface area contributed by atoms with Gasteiger partial charge in [-0.1, -0.05) is 23.7 Å². The van der Waals surface area contributed by atoms with E-state index in [0.29, 0.717) is 0 Å². The van der Waals surface area contributed by atoms with Crippen molar-refractivity contribution in [1.82, 2.24) is 0 Å². The van der Waals surface area contributed by atoms with E-state index in [-0.39, 0.29) is 0 Å². The second-order valence-electron chi connectivity index (χ2n) is 3.94. The van der Waals surface area contributed by atoms with E-state index >= 15 is 0 Å². The van der Waals surface area contributed by atoms with E-state index in [2.05, 4.69) is 4.74 Å². The summed E-state index contributed by atoms with van der Waals surface area (Å²) in [6, 6.07) is 2.86. The molecule has 0 spiro atoms. The van der Waals surface area contributed by atoms with Gasteiger partial charge >= 0.3 is 6.61 Å². The van der Waals surface area contributed by atoms with Crippen LogP contribution in [0, 0.1) is 29.1 Å². The molecule has 2 aromatic rings. The summed E-state index contributed by atoms with van der Waals surface area (Å²) in [7, 11) is 0. The maximum atomic E-state index is 13.7. The predicted molar refractivity (Wildman–Crippen MR) is 63.3 cm³/mol. The van der Waals surface area contributed by atoms with Crippen LogP contribution < -0.4 is 4.74 Å². The molecule has 0 aromatic heterocycles. The van der Waals surface area contributed by atoms with Crippen molar-refractivity contribution in [2.75, 3.05) is 0 Å². The van der Waals surface area contributed by atoms with Crippen LogP contribution in [0.25, 0.3) is 11.1 Å². The van der Waals surface area contributed by atoms with Crippen molar-refractivity contribution in [3.63, 3.8) is 0 Å². The average Bonchev–Trinajstić information content (AvgIpc) is 2.46. The standard InChI is InChI=1S/C13H4ClF7O/c14-7-4(2-1-3-5(7)22-13(20)21)6-8(15)10(17)12(19)11(18)9(6)16/h1-3,13H. The van der Waals surface area contributed by atoms with E-state index in [1.54, 1.807) is 0 Å². The highest BCUT2D eigenvalue weighted by molar-refractivity contribution is 6.34. The molecule has 0 unspecified atom stereocenters. The molecular weight excluding hydrogens is 341 g/mol. The van der Waals surface area contributed by atoms with Crippen LogP contribution in [-0.4, -0.2) is 6.61 Å². The Morgan fingerprint density at radius 2 is 1.32 bits per heavy atom. The summed E-state index contributed by atoms with van der Waals surface area (Å²) in [6.45, 7) is -3.29. The van der Waals surface area contributed by atoms with Gasteiger partial charge in [-0.2, -0.15) is 8.78 Å². The third-order valence-electron chi connectivity index (χ3n) is 2.66. The number of hydrogen-bond donors (Lipinski definition) is 0. The minimum absolute atomic E-state index is 0.668. The number of alkyl halides is 2. The van der Waals surface area contributed by atoms with Crippen LogP contribution in [0.1, 0.15) is 0 Å². The van der Waals surface area contributed by atoms with Crippen molar-refractivity contribution >= 4 is 11.6 Å². The maximum absolute atomic E-state index is 13.7. The zero-order valence-electron chi connectivity index (χ0n) is 10.2. The van der Waals surface area contributed by atoms with E-state index in [4.69, 9.17) is 11.6 Å². The Labute approximate surface area is 123 Å². The Kier molecular flexibility index (Phi) is 4.50. The molecule has 0 N–H and O–H groups in total. The van der Waals surface area contributed by atoms with Crippen LogP contribution in [0.2, 0.25) is 5.02 Å².